The summed E-state index contributed by atoms with van der Waals surface area (Å²) in [5.74, 6) is -1.61. The number of benzene rings is 2. The van der Waals surface area contributed by atoms with Crippen LogP contribution >= 0.6 is 0 Å². The Kier molecular flexibility index (Phi) is 8.59. The van der Waals surface area contributed by atoms with Crippen LogP contribution < -0.4 is 10.6 Å². The smallest absolute Gasteiger partial charge is 0.253 e. The van der Waals surface area contributed by atoms with E-state index in [4.69, 9.17) is 4.74 Å². The van der Waals surface area contributed by atoms with Crippen molar-refractivity contribution in [2.24, 2.45) is 0 Å². The van der Waals surface area contributed by atoms with E-state index in [1.165, 1.54) is 9.80 Å². The van der Waals surface area contributed by atoms with Crippen molar-refractivity contribution < 1.29 is 23.9 Å². The highest BCUT2D eigenvalue weighted by Crippen LogP contribution is 2.23. The highest BCUT2D eigenvalue weighted by atomic mass is 16.6. The van der Waals surface area contributed by atoms with E-state index >= 15 is 0 Å². The van der Waals surface area contributed by atoms with Gasteiger partial charge in [0, 0.05) is 41.0 Å². The standard InChI is InChI=1S/C26H32N4O5/c1-29(2)25(33)19(15-17-11-7-5-8-12-17)27-23(31)21-22(35-21)24(32)28-20(26(34)30(3)4)16-18-13-9-6-10-14-18/h5-14,19-22H,15-16H2,1-4H3,(H,27,31)(H,28,32)/t19-,20-,21-,22?/m0/s1. The van der Waals surface area contributed by atoms with Crippen LogP contribution in [-0.4, -0.2) is 85.9 Å². The lowest BCUT2D eigenvalue weighted by Gasteiger charge is -2.22. The molecule has 0 bridgehead atoms. The van der Waals surface area contributed by atoms with Crippen molar-refractivity contribution in [3.05, 3.63) is 71.8 Å². The fraction of sp³-hybridized carbons (Fsp3) is 0.385. The zero-order valence-corrected chi connectivity index (χ0v) is 20.4. The highest BCUT2D eigenvalue weighted by molar-refractivity contribution is 5.98. The molecule has 2 N–H and O–H groups in total. The molecule has 1 aliphatic heterocycles. The highest BCUT2D eigenvalue weighted by Gasteiger charge is 2.51. The molecular weight excluding hydrogens is 448 g/mol. The van der Waals surface area contributed by atoms with Gasteiger partial charge in [-0.05, 0) is 11.1 Å². The second kappa shape index (κ2) is 11.6. The molecule has 1 aliphatic rings. The molecule has 35 heavy (non-hydrogen) atoms. The molecule has 1 fully saturated rings. The maximum absolute atomic E-state index is 12.8. The van der Waals surface area contributed by atoms with Gasteiger partial charge in [0.15, 0.2) is 12.2 Å². The monoisotopic (exact) mass is 480 g/mol. The van der Waals surface area contributed by atoms with Gasteiger partial charge in [0.1, 0.15) is 12.1 Å². The van der Waals surface area contributed by atoms with E-state index in [1.807, 2.05) is 60.7 Å². The summed E-state index contributed by atoms with van der Waals surface area (Å²) >= 11 is 0. The van der Waals surface area contributed by atoms with Gasteiger partial charge in [-0.3, -0.25) is 19.2 Å². The minimum Gasteiger partial charge on any atom is -0.349 e. The number of likely N-dealkylation sites (N-methyl/N-ethyl adjacent to an activating group) is 2. The lowest BCUT2D eigenvalue weighted by Crippen LogP contribution is -2.51. The first-order chi connectivity index (χ1) is 16.7. The van der Waals surface area contributed by atoms with E-state index in [0.29, 0.717) is 12.8 Å². The Bertz CT molecular complexity index is 959. The van der Waals surface area contributed by atoms with Crippen LogP contribution in [0.3, 0.4) is 0 Å². The molecule has 2 aromatic rings. The molecule has 3 rings (SSSR count). The van der Waals surface area contributed by atoms with E-state index < -0.39 is 36.1 Å². The Morgan fingerprint density at radius 2 is 1.03 bits per heavy atom. The quantitative estimate of drug-likeness (QED) is 0.478. The second-order valence-electron chi connectivity index (χ2n) is 8.94. The van der Waals surface area contributed by atoms with Crippen molar-refractivity contribution >= 4 is 23.6 Å². The normalized spacial score (nSPS) is 18.1. The van der Waals surface area contributed by atoms with Crippen molar-refractivity contribution in [3.8, 4) is 0 Å². The Morgan fingerprint density at radius 1 is 0.686 bits per heavy atom. The predicted molar refractivity (Wildman–Crippen MR) is 130 cm³/mol. The summed E-state index contributed by atoms with van der Waals surface area (Å²) in [5.41, 5.74) is 1.79. The van der Waals surface area contributed by atoms with Gasteiger partial charge in [0.25, 0.3) is 11.8 Å². The molecule has 0 aliphatic carbocycles. The zero-order chi connectivity index (χ0) is 25.5. The first-order valence-corrected chi connectivity index (χ1v) is 11.4. The largest absolute Gasteiger partial charge is 0.349 e. The van der Waals surface area contributed by atoms with Crippen LogP contribution in [0.15, 0.2) is 60.7 Å². The molecule has 4 atom stereocenters. The number of hydrogen-bond donors (Lipinski definition) is 2. The average Bonchev–Trinajstić information content (AvgIpc) is 3.65. The van der Waals surface area contributed by atoms with Crippen LogP contribution in [0.5, 0.6) is 0 Å². The van der Waals surface area contributed by atoms with Gasteiger partial charge in [0.2, 0.25) is 11.8 Å². The van der Waals surface area contributed by atoms with Crippen molar-refractivity contribution in [2.45, 2.75) is 37.1 Å². The third kappa shape index (κ3) is 7.13. The summed E-state index contributed by atoms with van der Waals surface area (Å²) in [6, 6.07) is 17.1. The fourth-order valence-corrected chi connectivity index (χ4v) is 3.74. The average molecular weight is 481 g/mol. The number of carbonyl (C=O) groups excluding carboxylic acids is 4. The van der Waals surface area contributed by atoms with E-state index in [2.05, 4.69) is 10.6 Å². The summed E-state index contributed by atoms with van der Waals surface area (Å²) in [6.07, 6.45) is -1.42. The molecule has 0 aromatic heterocycles. The van der Waals surface area contributed by atoms with Crippen LogP contribution in [0.4, 0.5) is 0 Å². The van der Waals surface area contributed by atoms with Gasteiger partial charge < -0.3 is 25.2 Å². The molecule has 1 saturated heterocycles. The SMILES string of the molecule is CN(C)C(=O)[C@H](Cc1ccccc1)NC(=O)C1O[C@@H]1C(=O)N[C@@H](Cc1ccccc1)C(=O)N(C)C. The van der Waals surface area contributed by atoms with Gasteiger partial charge >= 0.3 is 0 Å². The van der Waals surface area contributed by atoms with Crippen molar-refractivity contribution in [1.29, 1.82) is 0 Å². The summed E-state index contributed by atoms with van der Waals surface area (Å²) in [6.45, 7) is 0. The summed E-state index contributed by atoms with van der Waals surface area (Å²) < 4.78 is 5.35. The molecule has 0 saturated carbocycles. The van der Waals surface area contributed by atoms with E-state index in [-0.39, 0.29) is 11.8 Å². The van der Waals surface area contributed by atoms with Crippen LogP contribution in [0.2, 0.25) is 0 Å². The lowest BCUT2D eigenvalue weighted by atomic mass is 10.0. The van der Waals surface area contributed by atoms with Gasteiger partial charge in [-0.1, -0.05) is 60.7 Å². The maximum Gasteiger partial charge on any atom is 0.253 e. The molecule has 9 nitrogen and oxygen atoms in total. The maximum atomic E-state index is 12.8. The molecule has 9 heteroatoms. The van der Waals surface area contributed by atoms with Crippen molar-refractivity contribution in [3.63, 3.8) is 0 Å². The number of nitrogens with one attached hydrogen (secondary N) is 2. The van der Waals surface area contributed by atoms with Crippen LogP contribution in [0.25, 0.3) is 0 Å². The molecule has 1 unspecified atom stereocenters. The molecule has 2 aromatic carbocycles. The summed E-state index contributed by atoms with van der Waals surface area (Å²) in [7, 11) is 6.46. The van der Waals surface area contributed by atoms with Gasteiger partial charge in [-0.2, -0.15) is 0 Å². The molecular formula is C26H32N4O5. The minimum atomic E-state index is -1.02. The number of nitrogens with zero attached hydrogens (tertiary/aromatic N) is 2. The third-order valence-electron chi connectivity index (χ3n) is 5.68. The number of ether oxygens (including phenoxy) is 1. The van der Waals surface area contributed by atoms with Crippen molar-refractivity contribution in [2.75, 3.05) is 28.2 Å². The van der Waals surface area contributed by atoms with Gasteiger partial charge in [0.05, 0.1) is 0 Å². The molecule has 4 amide bonds. The van der Waals surface area contributed by atoms with Crippen LogP contribution in [0.1, 0.15) is 11.1 Å². The first kappa shape index (κ1) is 25.9. The second-order valence-corrected chi connectivity index (χ2v) is 8.94. The lowest BCUT2D eigenvalue weighted by molar-refractivity contribution is -0.135. The number of hydrogen-bond acceptors (Lipinski definition) is 5. The summed E-state index contributed by atoms with van der Waals surface area (Å²) in [4.78, 5) is 53.7. The number of carbonyl (C=O) groups is 4. The van der Waals surface area contributed by atoms with Crippen LogP contribution in [-0.2, 0) is 36.8 Å². The fourth-order valence-electron chi connectivity index (χ4n) is 3.74. The van der Waals surface area contributed by atoms with E-state index in [0.717, 1.165) is 11.1 Å². The molecule has 0 spiro atoms. The van der Waals surface area contributed by atoms with Gasteiger partial charge in [-0.15, -0.1) is 0 Å². The number of epoxide rings is 1. The minimum absolute atomic E-state index is 0.261. The number of amides is 4. The van der Waals surface area contributed by atoms with Crippen molar-refractivity contribution in [1.82, 2.24) is 20.4 Å². The predicted octanol–water partition coefficient (Wildman–Crippen LogP) is 0.385. The Morgan fingerprint density at radius 3 is 1.34 bits per heavy atom. The van der Waals surface area contributed by atoms with E-state index in [1.54, 1.807) is 28.2 Å². The third-order valence-corrected chi connectivity index (χ3v) is 5.68. The molecule has 1 heterocycles. The first-order valence-electron chi connectivity index (χ1n) is 11.4. The molecule has 186 valence electrons. The van der Waals surface area contributed by atoms with E-state index in [9.17, 15) is 19.2 Å². The number of rotatable bonds is 10. The Balaban J connectivity index is 1.62. The molecule has 0 radical (unpaired) electrons. The van der Waals surface area contributed by atoms with Crippen LogP contribution in [0, 0.1) is 0 Å². The Labute approximate surface area is 205 Å². The zero-order valence-electron chi connectivity index (χ0n) is 20.4. The topological polar surface area (TPSA) is 111 Å². The Hall–Kier alpha value is -3.72. The van der Waals surface area contributed by atoms with Gasteiger partial charge in [-0.25, -0.2) is 0 Å². The summed E-state index contributed by atoms with van der Waals surface area (Å²) in [5, 5.41) is 5.43.